The van der Waals surface area contributed by atoms with Gasteiger partial charge in [-0.1, -0.05) is 19.8 Å². The monoisotopic (exact) mass is 318 g/mol. The zero-order valence-electron chi connectivity index (χ0n) is 11.8. The Morgan fingerprint density at radius 1 is 1.25 bits per heavy atom. The minimum Gasteiger partial charge on any atom is -0.465 e. The quantitative estimate of drug-likeness (QED) is 0.318. The molecule has 0 saturated carbocycles. The van der Waals surface area contributed by atoms with E-state index in [1.807, 2.05) is 6.92 Å². The molecule has 0 aliphatic rings. The van der Waals surface area contributed by atoms with E-state index >= 15 is 0 Å². The number of thioether (sulfide) groups is 1. The summed E-state index contributed by atoms with van der Waals surface area (Å²) in [7, 11) is 0. The van der Waals surface area contributed by atoms with Gasteiger partial charge in [-0.15, -0.1) is 11.8 Å². The van der Waals surface area contributed by atoms with E-state index in [1.165, 1.54) is 11.8 Å². The van der Waals surface area contributed by atoms with Gasteiger partial charge >= 0.3 is 18.3 Å². The second-order valence-electron chi connectivity index (χ2n) is 4.42. The van der Waals surface area contributed by atoms with Gasteiger partial charge in [0.05, 0.1) is 6.61 Å². The number of hydrogen-bond donors (Lipinski definition) is 0. The first kappa shape index (κ1) is 19.5. The second-order valence-corrected chi connectivity index (χ2v) is 5.73. The van der Waals surface area contributed by atoms with Crippen molar-refractivity contribution in [2.75, 3.05) is 12.4 Å². The predicted molar refractivity (Wildman–Crippen MR) is 72.6 cm³/mol. The lowest BCUT2D eigenvalue weighted by Crippen LogP contribution is -2.26. The number of ether oxygens (including phenoxy) is 1. The van der Waals surface area contributed by atoms with Crippen molar-refractivity contribution in [1.29, 1.82) is 0 Å². The Bertz CT molecular complexity index is 275. The van der Waals surface area contributed by atoms with E-state index in [0.717, 1.165) is 12.8 Å². The lowest BCUT2D eigenvalue weighted by atomic mass is 10.2. The highest BCUT2D eigenvalue weighted by molar-refractivity contribution is 8.00. The summed E-state index contributed by atoms with van der Waals surface area (Å²) in [5.41, 5.74) is 0. The highest BCUT2D eigenvalue weighted by Crippen LogP contribution is 2.29. The molecule has 0 radical (unpaired) electrons. The van der Waals surface area contributed by atoms with Crippen molar-refractivity contribution >= 4 is 17.7 Å². The van der Waals surface area contributed by atoms with Crippen LogP contribution in [0.1, 0.15) is 46.0 Å². The summed E-state index contributed by atoms with van der Waals surface area (Å²) in [4.78, 5) is 11.6. The Morgan fingerprint density at radius 2 is 1.90 bits per heavy atom. The van der Waals surface area contributed by atoms with Gasteiger partial charge in [0.15, 0.2) is 0 Å². The first-order valence-electron chi connectivity index (χ1n) is 6.79. The Morgan fingerprint density at radius 3 is 2.40 bits per heavy atom. The van der Waals surface area contributed by atoms with Crippen LogP contribution in [0.15, 0.2) is 0 Å². The van der Waals surface area contributed by atoms with Crippen LogP contribution in [-0.2, 0) is 9.53 Å². The summed E-state index contributed by atoms with van der Waals surface area (Å²) in [6.45, 7) is 3.95. The largest absolute Gasteiger partial charge is 0.465 e. The maximum atomic E-state index is 12.7. The highest BCUT2D eigenvalue weighted by Gasteiger charge is 2.39. The maximum Gasteiger partial charge on any atom is 0.319 e. The standard InChI is InChI=1S/C13H22F4O2S/c1-3-5-7-10(11(18)19-4-2)20-9-6-8-13(16,17)12(14)15/h10,12H,3-9H2,1-2H3. The molecule has 0 aromatic carbocycles. The number of esters is 1. The molecule has 0 aliphatic heterocycles. The third kappa shape index (κ3) is 7.97. The second kappa shape index (κ2) is 10.3. The van der Waals surface area contributed by atoms with E-state index in [0.29, 0.717) is 6.42 Å². The average molecular weight is 318 g/mol. The fourth-order valence-electron chi connectivity index (χ4n) is 1.54. The molecule has 0 rings (SSSR count). The molecule has 0 saturated heterocycles. The molecule has 7 heteroatoms. The normalized spacial score (nSPS) is 13.6. The van der Waals surface area contributed by atoms with E-state index < -0.39 is 24.0 Å². The Labute approximate surface area is 121 Å². The topological polar surface area (TPSA) is 26.3 Å². The van der Waals surface area contributed by atoms with Gasteiger partial charge in [0.25, 0.3) is 0 Å². The highest BCUT2D eigenvalue weighted by atomic mass is 32.2. The SMILES string of the molecule is CCCCC(SCCCC(F)(F)C(F)F)C(=O)OCC. The van der Waals surface area contributed by atoms with E-state index in [9.17, 15) is 22.4 Å². The molecule has 0 aromatic heterocycles. The van der Waals surface area contributed by atoms with E-state index in [1.54, 1.807) is 6.92 Å². The van der Waals surface area contributed by atoms with Gasteiger partial charge in [-0.3, -0.25) is 4.79 Å². The summed E-state index contributed by atoms with van der Waals surface area (Å²) in [5, 5.41) is -0.393. The predicted octanol–water partition coefficient (Wildman–Crippen LogP) is 4.52. The summed E-state index contributed by atoms with van der Waals surface area (Å²) in [6.07, 6.45) is -2.17. The summed E-state index contributed by atoms with van der Waals surface area (Å²) in [6, 6.07) is 0. The summed E-state index contributed by atoms with van der Waals surface area (Å²) < 4.78 is 54.2. The molecule has 20 heavy (non-hydrogen) atoms. The number of carbonyl (C=O) groups excluding carboxylic acids is 1. The smallest absolute Gasteiger partial charge is 0.319 e. The number of unbranched alkanes of at least 4 members (excludes halogenated alkanes) is 1. The van der Waals surface area contributed by atoms with Crippen molar-refractivity contribution in [2.24, 2.45) is 0 Å². The zero-order valence-corrected chi connectivity index (χ0v) is 12.7. The number of rotatable bonds is 11. The number of hydrogen-bond acceptors (Lipinski definition) is 3. The molecule has 1 atom stereocenters. The molecule has 0 N–H and O–H groups in total. The van der Waals surface area contributed by atoms with Crippen LogP contribution in [0.25, 0.3) is 0 Å². The Hall–Kier alpha value is -0.460. The van der Waals surface area contributed by atoms with Crippen LogP contribution in [0.5, 0.6) is 0 Å². The molecule has 0 bridgehead atoms. The van der Waals surface area contributed by atoms with Gasteiger partial charge in [-0.2, -0.15) is 0 Å². The zero-order chi connectivity index (χ0) is 15.6. The lowest BCUT2D eigenvalue weighted by Gasteiger charge is -2.17. The van der Waals surface area contributed by atoms with Gasteiger partial charge < -0.3 is 4.74 Å². The molecule has 0 heterocycles. The van der Waals surface area contributed by atoms with Gasteiger partial charge in [0.1, 0.15) is 5.25 Å². The van der Waals surface area contributed by atoms with Crippen LogP contribution < -0.4 is 0 Å². The van der Waals surface area contributed by atoms with Gasteiger partial charge in [-0.25, -0.2) is 17.6 Å². The first-order valence-corrected chi connectivity index (χ1v) is 7.84. The average Bonchev–Trinajstić information content (AvgIpc) is 2.37. The van der Waals surface area contributed by atoms with E-state index in [-0.39, 0.29) is 24.7 Å². The number of alkyl halides is 4. The van der Waals surface area contributed by atoms with E-state index in [4.69, 9.17) is 4.74 Å². The van der Waals surface area contributed by atoms with Crippen LogP contribution in [0.3, 0.4) is 0 Å². The Balaban J connectivity index is 4.10. The molecule has 1 unspecified atom stereocenters. The summed E-state index contributed by atoms with van der Waals surface area (Å²) in [5.74, 6) is -4.05. The molecule has 0 spiro atoms. The third-order valence-corrected chi connectivity index (χ3v) is 4.02. The fraction of sp³-hybridized carbons (Fsp3) is 0.923. The van der Waals surface area contributed by atoms with Crippen molar-refractivity contribution in [1.82, 2.24) is 0 Å². The van der Waals surface area contributed by atoms with Gasteiger partial charge in [0.2, 0.25) is 0 Å². The molecule has 0 aromatic rings. The first-order chi connectivity index (χ1) is 9.35. The van der Waals surface area contributed by atoms with Crippen molar-refractivity contribution in [3.8, 4) is 0 Å². The maximum absolute atomic E-state index is 12.7. The fourth-order valence-corrected chi connectivity index (χ4v) is 2.67. The molecular weight excluding hydrogens is 296 g/mol. The van der Waals surface area contributed by atoms with Crippen molar-refractivity contribution in [3.05, 3.63) is 0 Å². The van der Waals surface area contributed by atoms with Crippen LogP contribution in [0.4, 0.5) is 17.6 Å². The number of carbonyl (C=O) groups is 1. The third-order valence-electron chi connectivity index (χ3n) is 2.66. The molecule has 0 aliphatic carbocycles. The van der Waals surface area contributed by atoms with Crippen LogP contribution >= 0.6 is 11.8 Å². The molecule has 120 valence electrons. The molecule has 0 fully saturated rings. The molecule has 2 nitrogen and oxygen atoms in total. The minimum absolute atomic E-state index is 0.0516. The van der Waals surface area contributed by atoms with Gasteiger partial charge in [0, 0.05) is 6.42 Å². The van der Waals surface area contributed by atoms with Crippen LogP contribution in [-0.4, -0.2) is 35.9 Å². The van der Waals surface area contributed by atoms with Crippen molar-refractivity contribution in [3.63, 3.8) is 0 Å². The van der Waals surface area contributed by atoms with Crippen LogP contribution in [0.2, 0.25) is 0 Å². The van der Waals surface area contributed by atoms with E-state index in [2.05, 4.69) is 0 Å². The van der Waals surface area contributed by atoms with Crippen molar-refractivity contribution < 1.29 is 27.1 Å². The Kier molecular flexibility index (Phi) is 10.1. The number of halogens is 4. The molecule has 0 amide bonds. The minimum atomic E-state index is -3.94. The molecular formula is C13H22F4O2S. The lowest BCUT2D eigenvalue weighted by molar-refractivity contribution is -0.142. The summed E-state index contributed by atoms with van der Waals surface area (Å²) >= 11 is 1.21. The van der Waals surface area contributed by atoms with Gasteiger partial charge in [-0.05, 0) is 25.5 Å². The van der Waals surface area contributed by atoms with Crippen LogP contribution in [0, 0.1) is 0 Å². The van der Waals surface area contributed by atoms with Crippen molar-refractivity contribution in [2.45, 2.75) is 63.5 Å².